The van der Waals surface area contributed by atoms with Crippen molar-refractivity contribution in [3.8, 4) is 0 Å². The number of hydrogen-bond acceptors (Lipinski definition) is 1. The molecule has 0 saturated heterocycles. The van der Waals surface area contributed by atoms with E-state index in [4.69, 9.17) is 12.2 Å². The van der Waals surface area contributed by atoms with Gasteiger partial charge in [0.1, 0.15) is 4.64 Å². The molecule has 8 heavy (non-hydrogen) atoms. The molecule has 0 aliphatic carbocycles. The lowest BCUT2D eigenvalue weighted by Crippen LogP contribution is -1.88. The van der Waals surface area contributed by atoms with Crippen molar-refractivity contribution in [1.29, 1.82) is 0 Å². The van der Waals surface area contributed by atoms with Gasteiger partial charge in [-0.3, -0.25) is 4.68 Å². The summed E-state index contributed by atoms with van der Waals surface area (Å²) in [6.45, 7) is 1.98. The monoisotopic (exact) mass is 128 g/mol. The van der Waals surface area contributed by atoms with Gasteiger partial charge in [-0.1, -0.05) is 12.2 Å². The van der Waals surface area contributed by atoms with E-state index in [9.17, 15) is 0 Å². The van der Waals surface area contributed by atoms with Gasteiger partial charge in [-0.05, 0) is 13.0 Å². The van der Waals surface area contributed by atoms with Gasteiger partial charge in [0.2, 0.25) is 0 Å². The average molecular weight is 128 g/mol. The first kappa shape index (κ1) is 5.56. The molecule has 0 spiro atoms. The van der Waals surface area contributed by atoms with Gasteiger partial charge in [0.15, 0.2) is 0 Å². The molecule has 0 unspecified atom stereocenters. The average Bonchev–Trinajstić information content (AvgIpc) is 1.85. The number of aromatic nitrogens is 2. The minimum absolute atomic E-state index is 0.850. The molecule has 0 bridgehead atoms. The molecule has 0 atom stereocenters. The van der Waals surface area contributed by atoms with Crippen molar-refractivity contribution in [2.75, 3.05) is 0 Å². The van der Waals surface area contributed by atoms with E-state index >= 15 is 0 Å². The van der Waals surface area contributed by atoms with Crippen LogP contribution in [0.1, 0.15) is 5.69 Å². The zero-order chi connectivity index (χ0) is 6.15. The third-order valence-corrected chi connectivity index (χ3v) is 1.41. The molecule has 0 aromatic carbocycles. The van der Waals surface area contributed by atoms with E-state index in [1.807, 2.05) is 24.7 Å². The Hall–Kier alpha value is -0.570. The Labute approximate surface area is 53.1 Å². The molecule has 0 fully saturated rings. The van der Waals surface area contributed by atoms with E-state index in [1.165, 1.54) is 0 Å². The summed E-state index contributed by atoms with van der Waals surface area (Å²) in [6, 6.07) is 1.93. The lowest BCUT2D eigenvalue weighted by Gasteiger charge is -1.85. The summed E-state index contributed by atoms with van der Waals surface area (Å²) in [5.74, 6) is 0. The molecule has 0 amide bonds. The smallest absolute Gasteiger partial charge is 0.121 e. The lowest BCUT2D eigenvalue weighted by atomic mass is 10.5. The Bertz CT molecular complexity index is 233. The Kier molecular flexibility index (Phi) is 1.21. The number of hydrogen-bond donors (Lipinski definition) is 1. The van der Waals surface area contributed by atoms with Crippen molar-refractivity contribution < 1.29 is 0 Å². The van der Waals surface area contributed by atoms with Crippen LogP contribution in [0.5, 0.6) is 0 Å². The first-order chi connectivity index (χ1) is 3.70. The Balaban J connectivity index is 3.35. The third-order valence-electron chi connectivity index (χ3n) is 1.01. The van der Waals surface area contributed by atoms with Crippen molar-refractivity contribution >= 4 is 12.2 Å². The largest absolute Gasteiger partial charge is 0.302 e. The fourth-order valence-electron chi connectivity index (χ4n) is 0.634. The van der Waals surface area contributed by atoms with Crippen LogP contribution in [0.4, 0.5) is 0 Å². The maximum Gasteiger partial charge on any atom is 0.121 e. The summed E-state index contributed by atoms with van der Waals surface area (Å²) < 4.78 is 2.66. The molecule has 0 aliphatic rings. The van der Waals surface area contributed by atoms with Crippen molar-refractivity contribution in [3.05, 3.63) is 16.4 Å². The van der Waals surface area contributed by atoms with Crippen LogP contribution in [0, 0.1) is 11.6 Å². The molecule has 1 aromatic heterocycles. The van der Waals surface area contributed by atoms with E-state index in [-0.39, 0.29) is 0 Å². The summed E-state index contributed by atoms with van der Waals surface area (Å²) in [5.41, 5.74) is 1.11. The Morgan fingerprint density at radius 3 is 2.50 bits per heavy atom. The summed E-state index contributed by atoms with van der Waals surface area (Å²) >= 11 is 4.91. The fraction of sp³-hybridized carbons (Fsp3) is 0.400. The number of nitrogens with zero attached hydrogens (tertiary/aromatic N) is 1. The zero-order valence-electron chi connectivity index (χ0n) is 4.93. The van der Waals surface area contributed by atoms with Gasteiger partial charge in [0.25, 0.3) is 0 Å². The van der Waals surface area contributed by atoms with E-state index in [0.717, 1.165) is 10.3 Å². The lowest BCUT2D eigenvalue weighted by molar-refractivity contribution is 0.747. The molecular formula is C5H8N2S. The second-order valence-electron chi connectivity index (χ2n) is 1.84. The van der Waals surface area contributed by atoms with E-state index in [0.29, 0.717) is 0 Å². The molecule has 1 rings (SSSR count). The van der Waals surface area contributed by atoms with Crippen molar-refractivity contribution in [2.24, 2.45) is 7.05 Å². The van der Waals surface area contributed by atoms with Crippen LogP contribution in [0.25, 0.3) is 0 Å². The molecule has 44 valence electrons. The number of aromatic amines is 1. The summed E-state index contributed by atoms with van der Waals surface area (Å²) in [7, 11) is 1.90. The molecule has 3 heteroatoms. The molecule has 0 aliphatic heterocycles. The van der Waals surface area contributed by atoms with Crippen LogP contribution < -0.4 is 0 Å². The van der Waals surface area contributed by atoms with Gasteiger partial charge in [-0.2, -0.15) is 0 Å². The van der Waals surface area contributed by atoms with Gasteiger partial charge in [-0.15, -0.1) is 0 Å². The molecular weight excluding hydrogens is 120 g/mol. The van der Waals surface area contributed by atoms with Crippen LogP contribution in [-0.4, -0.2) is 9.78 Å². The molecule has 1 N–H and O–H groups in total. The number of nitrogens with one attached hydrogen (secondary N) is 1. The van der Waals surface area contributed by atoms with Crippen LogP contribution in [0.3, 0.4) is 0 Å². The van der Waals surface area contributed by atoms with Gasteiger partial charge in [0, 0.05) is 12.7 Å². The highest BCUT2D eigenvalue weighted by Crippen LogP contribution is 1.92. The topological polar surface area (TPSA) is 20.7 Å². The number of aryl methyl sites for hydroxylation is 2. The maximum atomic E-state index is 4.91. The predicted molar refractivity (Wildman–Crippen MR) is 35.3 cm³/mol. The molecule has 1 aromatic rings. The molecule has 1 heterocycles. The van der Waals surface area contributed by atoms with Gasteiger partial charge in [-0.25, -0.2) is 0 Å². The van der Waals surface area contributed by atoms with E-state index in [2.05, 4.69) is 5.10 Å². The summed E-state index contributed by atoms with van der Waals surface area (Å²) in [4.78, 5) is 0. The fourth-order valence-corrected chi connectivity index (χ4v) is 0.856. The summed E-state index contributed by atoms with van der Waals surface area (Å²) in [5, 5.41) is 3.02. The first-order valence-electron chi connectivity index (χ1n) is 2.43. The van der Waals surface area contributed by atoms with Crippen LogP contribution in [-0.2, 0) is 7.05 Å². The Morgan fingerprint density at radius 1 is 1.75 bits per heavy atom. The Morgan fingerprint density at radius 2 is 2.38 bits per heavy atom. The van der Waals surface area contributed by atoms with Crippen LogP contribution in [0.15, 0.2) is 6.07 Å². The van der Waals surface area contributed by atoms with Crippen molar-refractivity contribution in [2.45, 2.75) is 6.92 Å². The summed E-state index contributed by atoms with van der Waals surface area (Å²) in [6.07, 6.45) is 0. The van der Waals surface area contributed by atoms with Crippen molar-refractivity contribution in [1.82, 2.24) is 9.78 Å². The van der Waals surface area contributed by atoms with E-state index < -0.39 is 0 Å². The van der Waals surface area contributed by atoms with Gasteiger partial charge >= 0.3 is 0 Å². The second-order valence-corrected chi connectivity index (χ2v) is 2.25. The molecule has 2 nitrogen and oxygen atoms in total. The minimum atomic E-state index is 0.850. The number of H-pyrrole nitrogens is 1. The number of rotatable bonds is 0. The van der Waals surface area contributed by atoms with Crippen LogP contribution in [0.2, 0.25) is 0 Å². The van der Waals surface area contributed by atoms with E-state index in [1.54, 1.807) is 0 Å². The highest BCUT2D eigenvalue weighted by Gasteiger charge is 1.85. The second kappa shape index (κ2) is 1.74. The van der Waals surface area contributed by atoms with Crippen molar-refractivity contribution in [3.63, 3.8) is 0 Å². The van der Waals surface area contributed by atoms with Crippen LogP contribution >= 0.6 is 12.2 Å². The van der Waals surface area contributed by atoms with Gasteiger partial charge < -0.3 is 5.10 Å². The quantitative estimate of drug-likeness (QED) is 0.524. The highest BCUT2D eigenvalue weighted by atomic mass is 32.1. The zero-order valence-corrected chi connectivity index (χ0v) is 5.75. The molecule has 0 radical (unpaired) electrons. The third kappa shape index (κ3) is 0.816. The van der Waals surface area contributed by atoms with Gasteiger partial charge in [0.05, 0.1) is 0 Å². The standard InChI is InChI=1S/C5H8N2S/c1-4-3-5(8)7(2)6-4/h3,6H,1-2H3. The predicted octanol–water partition coefficient (Wildman–Crippen LogP) is 1.39. The molecule has 0 saturated carbocycles. The highest BCUT2D eigenvalue weighted by molar-refractivity contribution is 7.71. The normalized spacial score (nSPS) is 9.75. The SMILES string of the molecule is Cc1cc(=S)n(C)[nH]1. The maximum absolute atomic E-state index is 4.91. The minimum Gasteiger partial charge on any atom is -0.302 e. The first-order valence-corrected chi connectivity index (χ1v) is 2.83.